The Bertz CT molecular complexity index is 351. The quantitative estimate of drug-likeness (QED) is 0.665. The van der Waals surface area contributed by atoms with E-state index in [1.807, 2.05) is 24.3 Å². The molecule has 1 nitrogen and oxygen atoms in total. The highest BCUT2D eigenvalue weighted by Crippen LogP contribution is 2.21. The molecule has 2 heteroatoms. The van der Waals surface area contributed by atoms with E-state index in [0.29, 0.717) is 0 Å². The van der Waals surface area contributed by atoms with Gasteiger partial charge in [-0.3, -0.25) is 0 Å². The first-order valence-electron chi connectivity index (χ1n) is 3.01. The molecule has 1 heterocycles. The van der Waals surface area contributed by atoms with E-state index >= 15 is 0 Å². The Morgan fingerprint density at radius 1 is 1.40 bits per heavy atom. The number of rotatable bonds is 0. The van der Waals surface area contributed by atoms with Gasteiger partial charge in [-0.2, -0.15) is 0 Å². The fourth-order valence-electron chi connectivity index (χ4n) is 0.979. The molecule has 0 aliphatic heterocycles. The maximum absolute atomic E-state index is 3.44. The van der Waals surface area contributed by atoms with Crippen molar-refractivity contribution in [2.45, 2.75) is 0 Å². The zero-order valence-electron chi connectivity index (χ0n) is 5.19. The van der Waals surface area contributed by atoms with Crippen molar-refractivity contribution >= 4 is 26.8 Å². The van der Waals surface area contributed by atoms with Gasteiger partial charge in [-0.1, -0.05) is 22.0 Å². The van der Waals surface area contributed by atoms with Gasteiger partial charge in [0.15, 0.2) is 0 Å². The third-order valence-electron chi connectivity index (χ3n) is 1.48. The standard InChI is InChI=1S/C8H5BrN/c9-7-2-1-3-8-6(7)4-5-10-8/h1-4,10H. The summed E-state index contributed by atoms with van der Waals surface area (Å²) in [4.78, 5) is 3.01. The minimum atomic E-state index is 1.11. The predicted octanol–water partition coefficient (Wildman–Crippen LogP) is 2.73. The predicted molar refractivity (Wildman–Crippen MR) is 44.8 cm³/mol. The number of nitrogens with one attached hydrogen (secondary N) is 1. The molecule has 0 aliphatic rings. The van der Waals surface area contributed by atoms with Crippen molar-refractivity contribution in [1.29, 1.82) is 0 Å². The van der Waals surface area contributed by atoms with Gasteiger partial charge in [-0.25, -0.2) is 0 Å². The molecule has 1 aromatic heterocycles. The summed E-state index contributed by atoms with van der Waals surface area (Å²) in [6.07, 6.45) is 2.92. The van der Waals surface area contributed by atoms with E-state index in [-0.39, 0.29) is 0 Å². The number of H-pyrrole nitrogens is 1. The van der Waals surface area contributed by atoms with Crippen molar-refractivity contribution in [2.75, 3.05) is 0 Å². The fraction of sp³-hybridized carbons (Fsp3) is 0. The summed E-state index contributed by atoms with van der Waals surface area (Å²) >= 11 is 3.44. The molecular weight excluding hydrogens is 190 g/mol. The molecule has 0 aliphatic carbocycles. The van der Waals surface area contributed by atoms with E-state index in [9.17, 15) is 0 Å². The first kappa shape index (κ1) is 5.98. The molecule has 0 bridgehead atoms. The number of hydrogen-bond acceptors (Lipinski definition) is 0. The van der Waals surface area contributed by atoms with Crippen LogP contribution in [-0.4, -0.2) is 4.98 Å². The highest BCUT2D eigenvalue weighted by Gasteiger charge is 1.95. The molecule has 1 N–H and O–H groups in total. The topological polar surface area (TPSA) is 15.8 Å². The van der Waals surface area contributed by atoms with Crippen LogP contribution in [0.2, 0.25) is 0 Å². The zero-order chi connectivity index (χ0) is 6.97. The summed E-state index contributed by atoms with van der Waals surface area (Å²) < 4.78 is 1.11. The summed E-state index contributed by atoms with van der Waals surface area (Å²) in [5.41, 5.74) is 1.12. The summed E-state index contributed by atoms with van der Waals surface area (Å²) in [6.45, 7) is 0. The van der Waals surface area contributed by atoms with Crippen LogP contribution >= 0.6 is 15.9 Å². The van der Waals surface area contributed by atoms with Crippen LogP contribution < -0.4 is 0 Å². The van der Waals surface area contributed by atoms with E-state index in [2.05, 4.69) is 27.1 Å². The third kappa shape index (κ3) is 0.762. The van der Waals surface area contributed by atoms with Crippen molar-refractivity contribution in [3.63, 3.8) is 0 Å². The number of fused-ring (bicyclic) bond motifs is 1. The van der Waals surface area contributed by atoms with Gasteiger partial charge in [0.05, 0.1) is 6.20 Å². The zero-order valence-corrected chi connectivity index (χ0v) is 6.77. The van der Waals surface area contributed by atoms with Gasteiger partial charge in [0, 0.05) is 15.4 Å². The molecule has 2 rings (SSSR count). The molecule has 0 fully saturated rings. The Labute approximate surface area is 67.2 Å². The van der Waals surface area contributed by atoms with Gasteiger partial charge in [0.1, 0.15) is 0 Å². The molecule has 2 aromatic rings. The fourth-order valence-corrected chi connectivity index (χ4v) is 1.46. The number of benzene rings is 1. The van der Waals surface area contributed by atoms with Crippen LogP contribution in [-0.2, 0) is 0 Å². The Morgan fingerprint density at radius 2 is 2.30 bits per heavy atom. The normalized spacial score (nSPS) is 10.5. The van der Waals surface area contributed by atoms with Crippen LogP contribution in [0, 0.1) is 6.20 Å². The van der Waals surface area contributed by atoms with E-state index in [1.165, 1.54) is 5.39 Å². The second-order valence-electron chi connectivity index (χ2n) is 2.11. The van der Waals surface area contributed by atoms with Gasteiger partial charge in [0.25, 0.3) is 0 Å². The average Bonchev–Trinajstić information content (AvgIpc) is 2.36. The smallest absolute Gasteiger partial charge is 0.0631 e. The van der Waals surface area contributed by atoms with Gasteiger partial charge < -0.3 is 4.98 Å². The lowest BCUT2D eigenvalue weighted by atomic mass is 10.3. The van der Waals surface area contributed by atoms with E-state index in [0.717, 1.165) is 9.99 Å². The maximum Gasteiger partial charge on any atom is 0.0631 e. The molecule has 0 saturated carbocycles. The third-order valence-corrected chi connectivity index (χ3v) is 2.17. The number of hydrogen-bond donors (Lipinski definition) is 1. The van der Waals surface area contributed by atoms with Crippen molar-refractivity contribution in [2.24, 2.45) is 0 Å². The lowest BCUT2D eigenvalue weighted by Crippen LogP contribution is -1.66. The van der Waals surface area contributed by atoms with E-state index in [1.54, 1.807) is 0 Å². The molecule has 1 aromatic carbocycles. The first-order chi connectivity index (χ1) is 4.88. The second-order valence-corrected chi connectivity index (χ2v) is 2.97. The Morgan fingerprint density at radius 3 is 3.10 bits per heavy atom. The van der Waals surface area contributed by atoms with Crippen LogP contribution in [0.25, 0.3) is 10.9 Å². The minimum absolute atomic E-state index is 1.11. The van der Waals surface area contributed by atoms with Crippen LogP contribution in [0.15, 0.2) is 28.7 Å². The summed E-state index contributed by atoms with van der Waals surface area (Å²) in [5.74, 6) is 0. The molecule has 0 saturated heterocycles. The Kier molecular flexibility index (Phi) is 1.27. The molecule has 0 atom stereocenters. The van der Waals surface area contributed by atoms with Gasteiger partial charge >= 0.3 is 0 Å². The van der Waals surface area contributed by atoms with Crippen molar-refractivity contribution in [3.8, 4) is 0 Å². The molecule has 1 radical (unpaired) electrons. The van der Waals surface area contributed by atoms with E-state index < -0.39 is 0 Å². The van der Waals surface area contributed by atoms with Crippen molar-refractivity contribution in [1.82, 2.24) is 4.98 Å². The number of aromatic nitrogens is 1. The van der Waals surface area contributed by atoms with Crippen LogP contribution in [0.4, 0.5) is 0 Å². The van der Waals surface area contributed by atoms with Crippen molar-refractivity contribution < 1.29 is 0 Å². The first-order valence-corrected chi connectivity index (χ1v) is 3.80. The van der Waals surface area contributed by atoms with Crippen molar-refractivity contribution in [3.05, 3.63) is 34.9 Å². The largest absolute Gasteiger partial charge is 0.353 e. The lowest BCUT2D eigenvalue weighted by Gasteiger charge is -1.90. The van der Waals surface area contributed by atoms with Gasteiger partial charge in [-0.15, -0.1) is 0 Å². The summed E-state index contributed by atoms with van der Waals surface area (Å²) in [5, 5.41) is 1.18. The number of halogens is 1. The lowest BCUT2D eigenvalue weighted by molar-refractivity contribution is 1.46. The molecule has 0 spiro atoms. The summed E-state index contributed by atoms with van der Waals surface area (Å²) in [6, 6.07) is 7.97. The molecular formula is C8H5BrN. The Hall–Kier alpha value is -0.760. The number of aromatic amines is 1. The van der Waals surface area contributed by atoms with Gasteiger partial charge in [0.2, 0.25) is 0 Å². The van der Waals surface area contributed by atoms with Gasteiger partial charge in [-0.05, 0) is 18.2 Å². The van der Waals surface area contributed by atoms with E-state index in [4.69, 9.17) is 0 Å². The van der Waals surface area contributed by atoms with Crippen LogP contribution in [0.5, 0.6) is 0 Å². The minimum Gasteiger partial charge on any atom is -0.353 e. The molecule has 49 valence electrons. The highest BCUT2D eigenvalue weighted by atomic mass is 79.9. The summed E-state index contributed by atoms with van der Waals surface area (Å²) in [7, 11) is 0. The molecule has 0 amide bonds. The molecule has 10 heavy (non-hydrogen) atoms. The van der Waals surface area contributed by atoms with Crippen LogP contribution in [0.1, 0.15) is 0 Å². The average molecular weight is 195 g/mol. The monoisotopic (exact) mass is 194 g/mol. The Balaban J connectivity index is 2.95. The molecule has 0 unspecified atom stereocenters. The highest BCUT2D eigenvalue weighted by molar-refractivity contribution is 9.10. The SMILES string of the molecule is Brc1cccc2[nH][c]cc12. The maximum atomic E-state index is 3.44. The second kappa shape index (κ2) is 2.13. The van der Waals surface area contributed by atoms with Crippen LogP contribution in [0.3, 0.4) is 0 Å².